The third-order valence-corrected chi connectivity index (χ3v) is 4.98. The molecule has 0 fully saturated rings. The zero-order valence-electron chi connectivity index (χ0n) is 15.5. The summed E-state index contributed by atoms with van der Waals surface area (Å²) in [6, 6.07) is 8.18. The number of guanidine groups is 1. The van der Waals surface area contributed by atoms with Gasteiger partial charge in [-0.1, -0.05) is 19.9 Å². The molecule has 0 spiro atoms. The van der Waals surface area contributed by atoms with Crippen LogP contribution in [0.5, 0.6) is 5.88 Å². The molecule has 0 amide bonds. The minimum absolute atomic E-state index is 0.0587. The number of aliphatic imine (C=N–C) groups is 1. The van der Waals surface area contributed by atoms with E-state index in [1.807, 2.05) is 19.1 Å². The third kappa shape index (κ3) is 6.05. The predicted molar refractivity (Wildman–Crippen MR) is 106 cm³/mol. The molecule has 0 radical (unpaired) electrons. The van der Waals surface area contributed by atoms with Crippen molar-refractivity contribution in [3.8, 4) is 5.88 Å². The van der Waals surface area contributed by atoms with Crippen LogP contribution < -0.4 is 15.4 Å². The standard InChI is InChI=1S/C19H28N4OS/c1-5-20-18(23-14-19(3,4)16-8-7-11-25-16)22-13-15-9-10-21-17(12-15)24-6-2/h7-12H,5-6,13-14H2,1-4H3,(H2,20,22,23). The molecular weight excluding hydrogens is 332 g/mol. The third-order valence-electron chi connectivity index (χ3n) is 3.74. The molecule has 0 saturated carbocycles. The molecule has 2 rings (SSSR count). The van der Waals surface area contributed by atoms with Crippen LogP contribution in [-0.4, -0.2) is 30.6 Å². The van der Waals surface area contributed by atoms with E-state index in [2.05, 4.69) is 58.9 Å². The van der Waals surface area contributed by atoms with Gasteiger partial charge in [-0.25, -0.2) is 9.98 Å². The lowest BCUT2D eigenvalue weighted by molar-refractivity contribution is 0.326. The second-order valence-corrected chi connectivity index (χ2v) is 7.29. The van der Waals surface area contributed by atoms with Gasteiger partial charge in [0.2, 0.25) is 5.88 Å². The van der Waals surface area contributed by atoms with Crippen LogP contribution >= 0.6 is 11.3 Å². The SMILES string of the molecule is CCNC(=NCc1ccnc(OCC)c1)NCC(C)(C)c1cccs1. The molecule has 0 aromatic carbocycles. The topological polar surface area (TPSA) is 58.5 Å². The molecule has 2 aromatic heterocycles. The first kappa shape index (κ1) is 19.2. The summed E-state index contributed by atoms with van der Waals surface area (Å²) in [6.45, 7) is 11.3. The molecule has 136 valence electrons. The Balaban J connectivity index is 1.99. The zero-order chi connectivity index (χ0) is 18.1. The Morgan fingerprint density at radius 3 is 2.80 bits per heavy atom. The highest BCUT2D eigenvalue weighted by atomic mass is 32.1. The molecule has 25 heavy (non-hydrogen) atoms. The van der Waals surface area contributed by atoms with Crippen LogP contribution in [0.2, 0.25) is 0 Å². The summed E-state index contributed by atoms with van der Waals surface area (Å²) in [5, 5.41) is 8.88. The number of hydrogen-bond acceptors (Lipinski definition) is 4. The molecule has 2 aromatic rings. The van der Waals surface area contributed by atoms with Crippen LogP contribution in [0.25, 0.3) is 0 Å². The summed E-state index contributed by atoms with van der Waals surface area (Å²) in [5.41, 5.74) is 1.14. The lowest BCUT2D eigenvalue weighted by Gasteiger charge is -2.25. The van der Waals surface area contributed by atoms with Crippen molar-refractivity contribution in [3.05, 3.63) is 46.3 Å². The van der Waals surface area contributed by atoms with Gasteiger partial charge in [0, 0.05) is 35.6 Å². The summed E-state index contributed by atoms with van der Waals surface area (Å²) in [6.07, 6.45) is 1.76. The van der Waals surface area contributed by atoms with Gasteiger partial charge >= 0.3 is 0 Å². The molecule has 0 aliphatic carbocycles. The van der Waals surface area contributed by atoms with Crippen LogP contribution in [0.4, 0.5) is 0 Å². The fourth-order valence-electron chi connectivity index (χ4n) is 2.34. The van der Waals surface area contributed by atoms with Crippen LogP contribution in [0.1, 0.15) is 38.1 Å². The lowest BCUT2D eigenvalue weighted by Crippen LogP contribution is -2.43. The van der Waals surface area contributed by atoms with Crippen molar-refractivity contribution in [1.82, 2.24) is 15.6 Å². The summed E-state index contributed by atoms with van der Waals surface area (Å²) < 4.78 is 5.44. The lowest BCUT2D eigenvalue weighted by atomic mass is 9.91. The second-order valence-electron chi connectivity index (χ2n) is 6.35. The Kier molecular flexibility index (Phi) is 7.25. The minimum Gasteiger partial charge on any atom is -0.478 e. The van der Waals surface area contributed by atoms with E-state index < -0.39 is 0 Å². The largest absolute Gasteiger partial charge is 0.478 e. The molecule has 0 saturated heterocycles. The van der Waals surface area contributed by atoms with Gasteiger partial charge in [-0.15, -0.1) is 11.3 Å². The average Bonchev–Trinajstić information content (AvgIpc) is 3.14. The van der Waals surface area contributed by atoms with Gasteiger partial charge in [0.1, 0.15) is 0 Å². The number of ether oxygens (including phenoxy) is 1. The Morgan fingerprint density at radius 2 is 2.12 bits per heavy atom. The van der Waals surface area contributed by atoms with E-state index in [-0.39, 0.29) is 5.41 Å². The predicted octanol–water partition coefficient (Wildman–Crippen LogP) is 3.57. The number of nitrogens with zero attached hydrogens (tertiary/aromatic N) is 2. The van der Waals surface area contributed by atoms with E-state index >= 15 is 0 Å². The number of rotatable bonds is 8. The Bertz CT molecular complexity index is 668. The van der Waals surface area contributed by atoms with Gasteiger partial charge in [-0.05, 0) is 36.9 Å². The smallest absolute Gasteiger partial charge is 0.213 e. The fraction of sp³-hybridized carbons (Fsp3) is 0.474. The molecule has 5 nitrogen and oxygen atoms in total. The highest BCUT2D eigenvalue weighted by molar-refractivity contribution is 7.10. The van der Waals surface area contributed by atoms with Gasteiger partial charge < -0.3 is 15.4 Å². The average molecular weight is 361 g/mol. The van der Waals surface area contributed by atoms with Gasteiger partial charge in [0.25, 0.3) is 0 Å². The molecular formula is C19H28N4OS. The molecule has 0 bridgehead atoms. The highest BCUT2D eigenvalue weighted by Crippen LogP contribution is 2.26. The van der Waals surface area contributed by atoms with Crippen molar-refractivity contribution in [2.75, 3.05) is 19.7 Å². The first-order valence-corrected chi connectivity index (χ1v) is 9.57. The molecule has 2 N–H and O–H groups in total. The van der Waals surface area contributed by atoms with E-state index in [1.54, 1.807) is 17.5 Å². The minimum atomic E-state index is 0.0587. The molecule has 6 heteroatoms. The van der Waals surface area contributed by atoms with Crippen molar-refractivity contribution < 1.29 is 4.74 Å². The molecule has 0 unspecified atom stereocenters. The number of hydrogen-bond donors (Lipinski definition) is 2. The van der Waals surface area contributed by atoms with E-state index in [1.165, 1.54) is 4.88 Å². The van der Waals surface area contributed by atoms with Crippen molar-refractivity contribution in [2.24, 2.45) is 4.99 Å². The maximum Gasteiger partial charge on any atom is 0.213 e. The quantitative estimate of drug-likeness (QED) is 0.558. The van der Waals surface area contributed by atoms with Crippen LogP contribution in [0.3, 0.4) is 0 Å². The van der Waals surface area contributed by atoms with E-state index in [4.69, 9.17) is 4.74 Å². The number of thiophene rings is 1. The summed E-state index contributed by atoms with van der Waals surface area (Å²) in [4.78, 5) is 10.2. The number of pyridine rings is 1. The Hall–Kier alpha value is -2.08. The maximum absolute atomic E-state index is 5.44. The van der Waals surface area contributed by atoms with E-state index in [0.717, 1.165) is 24.6 Å². The molecule has 2 heterocycles. The van der Waals surface area contributed by atoms with Crippen molar-refractivity contribution in [2.45, 2.75) is 39.7 Å². The maximum atomic E-state index is 5.44. The second kappa shape index (κ2) is 9.42. The van der Waals surface area contributed by atoms with Crippen molar-refractivity contribution in [1.29, 1.82) is 0 Å². The van der Waals surface area contributed by atoms with Crippen molar-refractivity contribution in [3.63, 3.8) is 0 Å². The molecule has 0 aliphatic rings. The van der Waals surface area contributed by atoms with Gasteiger partial charge in [-0.3, -0.25) is 0 Å². The molecule has 0 aliphatic heterocycles. The monoisotopic (exact) mass is 360 g/mol. The first-order valence-electron chi connectivity index (χ1n) is 8.69. The number of nitrogens with one attached hydrogen (secondary N) is 2. The normalized spacial score (nSPS) is 12.1. The van der Waals surface area contributed by atoms with Crippen LogP contribution in [-0.2, 0) is 12.0 Å². The number of aromatic nitrogens is 1. The highest BCUT2D eigenvalue weighted by Gasteiger charge is 2.21. The van der Waals surface area contributed by atoms with Gasteiger partial charge in [-0.2, -0.15) is 0 Å². The first-order chi connectivity index (χ1) is 12.0. The van der Waals surface area contributed by atoms with Crippen LogP contribution in [0, 0.1) is 0 Å². The van der Waals surface area contributed by atoms with Gasteiger partial charge in [0.05, 0.1) is 13.2 Å². The van der Waals surface area contributed by atoms with E-state index in [0.29, 0.717) is 19.0 Å². The fourth-order valence-corrected chi connectivity index (χ4v) is 3.20. The van der Waals surface area contributed by atoms with Gasteiger partial charge in [0.15, 0.2) is 5.96 Å². The summed E-state index contributed by atoms with van der Waals surface area (Å²) >= 11 is 1.79. The Labute approximate surface area is 154 Å². The van der Waals surface area contributed by atoms with Crippen molar-refractivity contribution >= 4 is 17.3 Å². The zero-order valence-corrected chi connectivity index (χ0v) is 16.3. The molecule has 0 atom stereocenters. The summed E-state index contributed by atoms with van der Waals surface area (Å²) in [5.74, 6) is 1.47. The van der Waals surface area contributed by atoms with Crippen LogP contribution in [0.15, 0.2) is 40.8 Å². The van der Waals surface area contributed by atoms with E-state index in [9.17, 15) is 0 Å². The Morgan fingerprint density at radius 1 is 1.28 bits per heavy atom. The summed E-state index contributed by atoms with van der Waals surface area (Å²) in [7, 11) is 0.